The topological polar surface area (TPSA) is 45.4 Å². The third kappa shape index (κ3) is 3.64. The van der Waals surface area contributed by atoms with Gasteiger partial charge in [0.25, 0.3) is 0 Å². The standard InChI is InChI=1S/C18H14Cl3NO2/c1-10-2-3-11(6-14(10)19)17-5-4-13(24-17)9-22-12-7-15(20)18(23)16(21)8-12/h2-8,22-23H,9H2,1H3. The molecule has 3 nitrogen and oxygen atoms in total. The van der Waals surface area contributed by atoms with Crippen molar-refractivity contribution in [3.8, 4) is 17.1 Å². The van der Waals surface area contributed by atoms with Crippen LogP contribution in [-0.4, -0.2) is 5.11 Å². The molecular weight excluding hydrogens is 369 g/mol. The van der Waals surface area contributed by atoms with Crippen LogP contribution in [0.1, 0.15) is 11.3 Å². The van der Waals surface area contributed by atoms with E-state index in [0.717, 1.165) is 22.6 Å². The van der Waals surface area contributed by atoms with Crippen molar-refractivity contribution >= 4 is 40.5 Å². The molecule has 0 radical (unpaired) electrons. The maximum atomic E-state index is 9.57. The van der Waals surface area contributed by atoms with Crippen LogP contribution in [0.25, 0.3) is 11.3 Å². The highest BCUT2D eigenvalue weighted by molar-refractivity contribution is 6.37. The average molecular weight is 383 g/mol. The van der Waals surface area contributed by atoms with Crippen LogP contribution in [0, 0.1) is 6.92 Å². The van der Waals surface area contributed by atoms with Crippen molar-refractivity contribution in [1.29, 1.82) is 0 Å². The number of benzene rings is 2. The molecule has 0 atom stereocenters. The fourth-order valence-corrected chi connectivity index (χ4v) is 2.90. The number of halogens is 3. The Kier molecular flexibility index (Phi) is 4.95. The number of phenols is 1. The fraction of sp³-hybridized carbons (Fsp3) is 0.111. The second kappa shape index (κ2) is 6.98. The summed E-state index contributed by atoms with van der Waals surface area (Å²) >= 11 is 18.0. The van der Waals surface area contributed by atoms with Gasteiger partial charge in [0.05, 0.1) is 16.6 Å². The molecule has 0 saturated carbocycles. The van der Waals surface area contributed by atoms with E-state index in [1.54, 1.807) is 12.1 Å². The summed E-state index contributed by atoms with van der Waals surface area (Å²) in [5.74, 6) is 1.37. The monoisotopic (exact) mass is 381 g/mol. The van der Waals surface area contributed by atoms with Crippen LogP contribution in [0.3, 0.4) is 0 Å². The van der Waals surface area contributed by atoms with Gasteiger partial charge in [0, 0.05) is 16.3 Å². The van der Waals surface area contributed by atoms with Crippen LogP contribution in [0.4, 0.5) is 5.69 Å². The number of hydrogen-bond acceptors (Lipinski definition) is 3. The molecule has 0 aliphatic rings. The molecule has 0 amide bonds. The normalized spacial score (nSPS) is 10.8. The number of phenolic OH excluding ortho intramolecular Hbond substituents is 1. The maximum Gasteiger partial charge on any atom is 0.152 e. The van der Waals surface area contributed by atoms with E-state index in [2.05, 4.69) is 5.32 Å². The molecule has 6 heteroatoms. The van der Waals surface area contributed by atoms with Gasteiger partial charge in [-0.05, 0) is 42.8 Å². The molecule has 0 fully saturated rings. The summed E-state index contributed by atoms with van der Waals surface area (Å²) < 4.78 is 5.83. The summed E-state index contributed by atoms with van der Waals surface area (Å²) in [6.45, 7) is 2.41. The SMILES string of the molecule is Cc1ccc(-c2ccc(CNc3cc(Cl)c(O)c(Cl)c3)o2)cc1Cl. The second-order valence-electron chi connectivity index (χ2n) is 5.37. The van der Waals surface area contributed by atoms with E-state index in [9.17, 15) is 5.11 Å². The Bertz CT molecular complexity index is 867. The first-order valence-electron chi connectivity index (χ1n) is 7.21. The lowest BCUT2D eigenvalue weighted by atomic mass is 10.1. The first-order chi connectivity index (χ1) is 11.4. The molecule has 0 aliphatic heterocycles. The molecule has 0 saturated heterocycles. The summed E-state index contributed by atoms with van der Waals surface area (Å²) in [6, 6.07) is 12.8. The van der Waals surface area contributed by atoms with E-state index in [1.165, 1.54) is 0 Å². The highest BCUT2D eigenvalue weighted by Gasteiger charge is 2.09. The van der Waals surface area contributed by atoms with Gasteiger partial charge in [0.15, 0.2) is 5.75 Å². The lowest BCUT2D eigenvalue weighted by molar-refractivity contribution is 0.476. The number of nitrogens with one attached hydrogen (secondary N) is 1. The third-order valence-corrected chi connectivity index (χ3v) is 4.59. The zero-order valence-corrected chi connectivity index (χ0v) is 15.0. The van der Waals surface area contributed by atoms with Gasteiger partial charge in [-0.1, -0.05) is 46.9 Å². The van der Waals surface area contributed by atoms with E-state index < -0.39 is 0 Å². The van der Waals surface area contributed by atoms with Crippen LogP contribution in [0.15, 0.2) is 46.9 Å². The smallest absolute Gasteiger partial charge is 0.152 e. The predicted octanol–water partition coefficient (Wildman–Crippen LogP) is 6.53. The Labute approximate surface area is 154 Å². The van der Waals surface area contributed by atoms with Crippen molar-refractivity contribution < 1.29 is 9.52 Å². The van der Waals surface area contributed by atoms with Crippen molar-refractivity contribution in [1.82, 2.24) is 0 Å². The van der Waals surface area contributed by atoms with Gasteiger partial charge in [-0.3, -0.25) is 0 Å². The zero-order chi connectivity index (χ0) is 17.3. The minimum atomic E-state index is -0.125. The molecule has 2 aromatic carbocycles. The van der Waals surface area contributed by atoms with Gasteiger partial charge in [0.2, 0.25) is 0 Å². The van der Waals surface area contributed by atoms with E-state index in [0.29, 0.717) is 17.3 Å². The Morgan fingerprint density at radius 3 is 2.33 bits per heavy atom. The summed E-state index contributed by atoms with van der Waals surface area (Å²) in [5.41, 5.74) is 2.64. The van der Waals surface area contributed by atoms with Crippen molar-refractivity contribution in [3.63, 3.8) is 0 Å². The first-order valence-corrected chi connectivity index (χ1v) is 8.34. The number of aromatic hydroxyl groups is 1. The lowest BCUT2D eigenvalue weighted by Gasteiger charge is -2.07. The van der Waals surface area contributed by atoms with Gasteiger partial charge in [-0.15, -0.1) is 0 Å². The lowest BCUT2D eigenvalue weighted by Crippen LogP contribution is -1.98. The molecule has 3 aromatic rings. The minimum absolute atomic E-state index is 0.125. The van der Waals surface area contributed by atoms with E-state index in [1.807, 2.05) is 37.3 Å². The molecule has 0 aliphatic carbocycles. The number of aryl methyl sites for hydroxylation is 1. The molecular formula is C18H14Cl3NO2. The number of rotatable bonds is 4. The molecule has 1 heterocycles. The molecule has 0 spiro atoms. The van der Waals surface area contributed by atoms with E-state index >= 15 is 0 Å². The Balaban J connectivity index is 1.73. The quantitative estimate of drug-likeness (QED) is 0.504. The second-order valence-corrected chi connectivity index (χ2v) is 6.59. The minimum Gasteiger partial charge on any atom is -0.505 e. The zero-order valence-electron chi connectivity index (χ0n) is 12.7. The molecule has 2 N–H and O–H groups in total. The van der Waals surface area contributed by atoms with Crippen LogP contribution in [0.2, 0.25) is 15.1 Å². The highest BCUT2D eigenvalue weighted by Crippen LogP contribution is 2.35. The van der Waals surface area contributed by atoms with Crippen molar-refractivity contribution in [3.05, 3.63) is 68.9 Å². The first kappa shape index (κ1) is 17.0. The molecule has 124 valence electrons. The van der Waals surface area contributed by atoms with Crippen molar-refractivity contribution in [2.24, 2.45) is 0 Å². The van der Waals surface area contributed by atoms with Gasteiger partial charge in [-0.25, -0.2) is 0 Å². The number of hydrogen-bond donors (Lipinski definition) is 2. The summed E-state index contributed by atoms with van der Waals surface area (Å²) in [5, 5.41) is 13.8. The Morgan fingerprint density at radius 2 is 1.67 bits per heavy atom. The largest absolute Gasteiger partial charge is 0.505 e. The summed E-state index contributed by atoms with van der Waals surface area (Å²) in [6.07, 6.45) is 0. The maximum absolute atomic E-state index is 9.57. The van der Waals surface area contributed by atoms with Gasteiger partial charge < -0.3 is 14.8 Å². The molecule has 24 heavy (non-hydrogen) atoms. The fourth-order valence-electron chi connectivity index (χ4n) is 2.23. The van der Waals surface area contributed by atoms with E-state index in [4.69, 9.17) is 39.2 Å². The number of anilines is 1. The van der Waals surface area contributed by atoms with E-state index in [-0.39, 0.29) is 15.8 Å². The molecule has 1 aromatic heterocycles. The highest BCUT2D eigenvalue weighted by atomic mass is 35.5. The summed E-state index contributed by atoms with van der Waals surface area (Å²) in [7, 11) is 0. The predicted molar refractivity (Wildman–Crippen MR) is 99.3 cm³/mol. The van der Waals surface area contributed by atoms with Crippen molar-refractivity contribution in [2.45, 2.75) is 13.5 Å². The molecule has 0 bridgehead atoms. The molecule has 0 unspecified atom stereocenters. The van der Waals surface area contributed by atoms with Gasteiger partial charge in [0.1, 0.15) is 11.5 Å². The summed E-state index contributed by atoms with van der Waals surface area (Å²) in [4.78, 5) is 0. The Morgan fingerprint density at radius 1 is 0.958 bits per heavy atom. The average Bonchev–Trinajstić information content (AvgIpc) is 3.02. The molecule has 3 rings (SSSR count). The van der Waals surface area contributed by atoms with Crippen LogP contribution in [-0.2, 0) is 6.54 Å². The van der Waals surface area contributed by atoms with Crippen LogP contribution >= 0.6 is 34.8 Å². The number of furan rings is 1. The van der Waals surface area contributed by atoms with Crippen molar-refractivity contribution in [2.75, 3.05) is 5.32 Å². The Hall–Kier alpha value is -1.81. The van der Waals surface area contributed by atoms with Crippen LogP contribution in [0.5, 0.6) is 5.75 Å². The van der Waals surface area contributed by atoms with Gasteiger partial charge in [-0.2, -0.15) is 0 Å². The van der Waals surface area contributed by atoms with Crippen LogP contribution < -0.4 is 5.32 Å². The third-order valence-electron chi connectivity index (χ3n) is 3.60. The van der Waals surface area contributed by atoms with Gasteiger partial charge >= 0.3 is 0 Å².